The lowest BCUT2D eigenvalue weighted by atomic mass is 9.86. The molecule has 2 nitrogen and oxygen atoms in total. The van der Waals surface area contributed by atoms with E-state index in [4.69, 9.17) is 0 Å². The molecule has 0 aromatic rings. The molecule has 0 aliphatic carbocycles. The topological polar surface area (TPSA) is 23.5 Å². The molecule has 78 valence electrons. The molecule has 1 aliphatic heterocycles. The Labute approximate surface area is 81.9 Å². The Morgan fingerprint density at radius 2 is 1.77 bits per heavy atom. The summed E-state index contributed by atoms with van der Waals surface area (Å²) in [5, 5.41) is 9.71. The highest BCUT2D eigenvalue weighted by atomic mass is 16.3. The number of likely N-dealkylation sites (tertiary alicyclic amines) is 1. The molecule has 0 aromatic carbocycles. The molecule has 0 spiro atoms. The van der Waals surface area contributed by atoms with Crippen molar-refractivity contribution in [3.05, 3.63) is 0 Å². The van der Waals surface area contributed by atoms with E-state index >= 15 is 0 Å². The van der Waals surface area contributed by atoms with Crippen LogP contribution in [0.3, 0.4) is 0 Å². The molecule has 1 heterocycles. The van der Waals surface area contributed by atoms with Crippen LogP contribution >= 0.6 is 0 Å². The van der Waals surface area contributed by atoms with Crippen LogP contribution < -0.4 is 0 Å². The number of rotatable bonds is 2. The third-order valence-electron chi connectivity index (χ3n) is 3.16. The molecule has 1 saturated heterocycles. The Kier molecular flexibility index (Phi) is 3.74. The van der Waals surface area contributed by atoms with Crippen molar-refractivity contribution in [1.29, 1.82) is 0 Å². The first-order chi connectivity index (χ1) is 6.00. The maximum absolute atomic E-state index is 9.71. The zero-order valence-corrected chi connectivity index (χ0v) is 9.33. The van der Waals surface area contributed by atoms with Crippen LogP contribution in [0.4, 0.5) is 0 Å². The Morgan fingerprint density at radius 3 is 2.23 bits per heavy atom. The summed E-state index contributed by atoms with van der Waals surface area (Å²) in [7, 11) is 0. The van der Waals surface area contributed by atoms with Crippen LogP contribution in [0.15, 0.2) is 0 Å². The smallest absolute Gasteiger partial charge is 0.0670 e. The minimum atomic E-state index is -0.108. The third-order valence-corrected chi connectivity index (χ3v) is 3.16. The number of β-amino-alcohol motifs (C(OH)–C–C–N with tert-alkyl or cyclic N) is 1. The van der Waals surface area contributed by atoms with E-state index in [-0.39, 0.29) is 6.10 Å². The number of aliphatic hydroxyl groups excluding tert-OH is 1. The van der Waals surface area contributed by atoms with Crippen LogP contribution in [0.1, 0.15) is 34.1 Å². The van der Waals surface area contributed by atoms with Gasteiger partial charge in [0.15, 0.2) is 0 Å². The number of aliphatic hydroxyl groups is 1. The van der Waals surface area contributed by atoms with Crippen LogP contribution in [0.2, 0.25) is 0 Å². The van der Waals surface area contributed by atoms with E-state index < -0.39 is 0 Å². The largest absolute Gasteiger partial charge is 0.392 e. The van der Waals surface area contributed by atoms with E-state index in [1.807, 2.05) is 0 Å². The minimum Gasteiger partial charge on any atom is -0.392 e. The second kappa shape index (κ2) is 4.43. The molecule has 0 bridgehead atoms. The third kappa shape index (κ3) is 2.96. The van der Waals surface area contributed by atoms with Crippen LogP contribution in [-0.2, 0) is 0 Å². The van der Waals surface area contributed by atoms with E-state index in [0.717, 1.165) is 19.5 Å². The Hall–Kier alpha value is -0.0800. The van der Waals surface area contributed by atoms with Crippen LogP contribution in [-0.4, -0.2) is 35.2 Å². The monoisotopic (exact) mass is 185 g/mol. The quantitative estimate of drug-likeness (QED) is 0.708. The highest BCUT2D eigenvalue weighted by Gasteiger charge is 2.28. The zero-order chi connectivity index (χ0) is 10.0. The summed E-state index contributed by atoms with van der Waals surface area (Å²) >= 11 is 0. The van der Waals surface area contributed by atoms with E-state index in [2.05, 4.69) is 32.6 Å². The van der Waals surface area contributed by atoms with Crippen molar-refractivity contribution in [3.8, 4) is 0 Å². The summed E-state index contributed by atoms with van der Waals surface area (Å²) in [4.78, 5) is 2.39. The van der Waals surface area contributed by atoms with Crippen molar-refractivity contribution in [2.75, 3.05) is 13.1 Å². The molecule has 1 aliphatic rings. The number of piperidine rings is 1. The summed E-state index contributed by atoms with van der Waals surface area (Å²) in [6, 6.07) is 0.566. The fourth-order valence-electron chi connectivity index (χ4n) is 2.05. The molecule has 0 saturated carbocycles. The van der Waals surface area contributed by atoms with Crippen LogP contribution in [0.25, 0.3) is 0 Å². The number of nitrogens with zero attached hydrogens (tertiary/aromatic N) is 1. The molecule has 2 heteroatoms. The molecular formula is C11H23NO. The standard InChI is InChI=1S/C11H23NO/c1-8(2)10-5-11(13)7-12(6-10)9(3)4/h8-11,13H,5-7H2,1-4H3. The van der Waals surface area contributed by atoms with Crippen molar-refractivity contribution in [1.82, 2.24) is 4.90 Å². The lowest BCUT2D eigenvalue weighted by molar-refractivity contribution is 0.0120. The molecule has 2 atom stereocenters. The fraction of sp³-hybridized carbons (Fsp3) is 1.00. The second-order valence-electron chi connectivity index (χ2n) is 4.94. The van der Waals surface area contributed by atoms with Gasteiger partial charge >= 0.3 is 0 Å². The lowest BCUT2D eigenvalue weighted by Crippen LogP contribution is -2.47. The van der Waals surface area contributed by atoms with E-state index in [9.17, 15) is 5.11 Å². The summed E-state index contributed by atoms with van der Waals surface area (Å²) in [6.07, 6.45) is 0.879. The first kappa shape index (κ1) is 11.0. The zero-order valence-electron chi connectivity index (χ0n) is 9.33. The van der Waals surface area contributed by atoms with Crippen LogP contribution in [0, 0.1) is 11.8 Å². The summed E-state index contributed by atoms with van der Waals surface area (Å²) in [6.45, 7) is 10.9. The fourth-order valence-corrected chi connectivity index (χ4v) is 2.05. The normalized spacial score (nSPS) is 31.6. The van der Waals surface area contributed by atoms with Gasteiger partial charge in [0.2, 0.25) is 0 Å². The molecule has 0 aromatic heterocycles. The van der Waals surface area contributed by atoms with Gasteiger partial charge in [0, 0.05) is 19.1 Å². The highest BCUT2D eigenvalue weighted by molar-refractivity contribution is 4.81. The average molecular weight is 185 g/mol. The van der Waals surface area contributed by atoms with Gasteiger partial charge in [-0.2, -0.15) is 0 Å². The van der Waals surface area contributed by atoms with Crippen LogP contribution in [0.5, 0.6) is 0 Å². The molecule has 0 radical (unpaired) electrons. The van der Waals surface area contributed by atoms with Gasteiger partial charge in [-0.05, 0) is 32.1 Å². The molecular weight excluding hydrogens is 162 g/mol. The van der Waals surface area contributed by atoms with Gasteiger partial charge in [0.25, 0.3) is 0 Å². The van der Waals surface area contributed by atoms with Crippen molar-refractivity contribution < 1.29 is 5.11 Å². The maximum atomic E-state index is 9.71. The molecule has 13 heavy (non-hydrogen) atoms. The SMILES string of the molecule is CC(C)C1CC(O)CN(C(C)C)C1. The lowest BCUT2D eigenvalue weighted by Gasteiger charge is -2.39. The minimum absolute atomic E-state index is 0.108. The van der Waals surface area contributed by atoms with E-state index in [1.54, 1.807) is 0 Å². The Balaban J connectivity index is 2.52. The molecule has 1 rings (SSSR count). The van der Waals surface area contributed by atoms with E-state index in [1.165, 1.54) is 0 Å². The predicted octanol–water partition coefficient (Wildman–Crippen LogP) is 1.73. The van der Waals surface area contributed by atoms with Gasteiger partial charge < -0.3 is 5.11 Å². The second-order valence-corrected chi connectivity index (χ2v) is 4.94. The predicted molar refractivity (Wildman–Crippen MR) is 55.7 cm³/mol. The average Bonchev–Trinajstić information content (AvgIpc) is 2.03. The highest BCUT2D eigenvalue weighted by Crippen LogP contribution is 2.24. The van der Waals surface area contributed by atoms with Crippen molar-refractivity contribution >= 4 is 0 Å². The maximum Gasteiger partial charge on any atom is 0.0670 e. The number of hydrogen-bond donors (Lipinski definition) is 1. The molecule has 2 unspecified atom stereocenters. The molecule has 1 fully saturated rings. The van der Waals surface area contributed by atoms with Gasteiger partial charge in [-0.15, -0.1) is 0 Å². The van der Waals surface area contributed by atoms with Gasteiger partial charge in [0.05, 0.1) is 6.10 Å². The van der Waals surface area contributed by atoms with Gasteiger partial charge in [-0.3, -0.25) is 4.90 Å². The summed E-state index contributed by atoms with van der Waals surface area (Å²) in [5.74, 6) is 1.36. The molecule has 0 amide bonds. The Morgan fingerprint density at radius 1 is 1.15 bits per heavy atom. The molecule has 1 N–H and O–H groups in total. The van der Waals surface area contributed by atoms with Gasteiger partial charge in [-0.1, -0.05) is 13.8 Å². The first-order valence-electron chi connectivity index (χ1n) is 5.42. The first-order valence-corrected chi connectivity index (χ1v) is 5.42. The van der Waals surface area contributed by atoms with Gasteiger partial charge in [0.1, 0.15) is 0 Å². The van der Waals surface area contributed by atoms with Crippen molar-refractivity contribution in [2.24, 2.45) is 11.8 Å². The van der Waals surface area contributed by atoms with E-state index in [0.29, 0.717) is 17.9 Å². The van der Waals surface area contributed by atoms with Crippen molar-refractivity contribution in [2.45, 2.75) is 46.3 Å². The van der Waals surface area contributed by atoms with Gasteiger partial charge in [-0.25, -0.2) is 0 Å². The summed E-state index contributed by atoms with van der Waals surface area (Å²) < 4.78 is 0. The Bertz CT molecular complexity index is 140. The number of hydrogen-bond acceptors (Lipinski definition) is 2. The van der Waals surface area contributed by atoms with Crippen molar-refractivity contribution in [3.63, 3.8) is 0 Å². The summed E-state index contributed by atoms with van der Waals surface area (Å²) in [5.41, 5.74) is 0.